The van der Waals surface area contributed by atoms with Crippen LogP contribution in [0.3, 0.4) is 0 Å². The summed E-state index contributed by atoms with van der Waals surface area (Å²) in [4.78, 5) is 6.94. The van der Waals surface area contributed by atoms with Crippen LogP contribution in [-0.2, 0) is 0 Å². The van der Waals surface area contributed by atoms with Gasteiger partial charge in [0.2, 0.25) is 0 Å². The largest absolute Gasteiger partial charge is 0.352 e. The summed E-state index contributed by atoms with van der Waals surface area (Å²) in [6, 6.07) is 5.41. The van der Waals surface area contributed by atoms with Gasteiger partial charge in [0.1, 0.15) is 5.82 Å². The number of aromatic nitrogens is 1. The van der Waals surface area contributed by atoms with Crippen molar-refractivity contribution in [3.63, 3.8) is 0 Å². The van der Waals surface area contributed by atoms with Crippen molar-refractivity contribution in [1.82, 2.24) is 10.3 Å². The summed E-state index contributed by atoms with van der Waals surface area (Å²) in [6.07, 6.45) is 4.46. The third-order valence-corrected chi connectivity index (χ3v) is 3.33. The van der Waals surface area contributed by atoms with Crippen LogP contribution >= 0.6 is 0 Å². The summed E-state index contributed by atoms with van der Waals surface area (Å²) in [6.45, 7) is 8.73. The highest BCUT2D eigenvalue weighted by Gasteiger charge is 2.25. The second-order valence-corrected chi connectivity index (χ2v) is 5.24. The van der Waals surface area contributed by atoms with Gasteiger partial charge in [-0.3, -0.25) is 0 Å². The molecule has 1 N–H and O–H groups in total. The maximum absolute atomic E-state index is 4.50. The molecule has 94 valence electrons. The number of anilines is 1. The van der Waals surface area contributed by atoms with Gasteiger partial charge in [0.05, 0.1) is 0 Å². The predicted octanol–water partition coefficient (Wildman–Crippen LogP) is 2.36. The Labute approximate surface area is 104 Å². The fraction of sp³-hybridized carbons (Fsp3) is 0.643. The lowest BCUT2D eigenvalue weighted by Crippen LogP contribution is -2.40. The number of hydrogen-bond donors (Lipinski definition) is 1. The van der Waals surface area contributed by atoms with Crippen molar-refractivity contribution in [2.24, 2.45) is 0 Å². The molecule has 0 aromatic carbocycles. The second kappa shape index (κ2) is 5.50. The maximum atomic E-state index is 4.50. The van der Waals surface area contributed by atoms with E-state index in [1.807, 2.05) is 6.20 Å². The van der Waals surface area contributed by atoms with Gasteiger partial charge in [0, 0.05) is 31.4 Å². The summed E-state index contributed by atoms with van der Waals surface area (Å²) < 4.78 is 0. The van der Waals surface area contributed by atoms with Crippen LogP contribution in [0.2, 0.25) is 0 Å². The van der Waals surface area contributed by atoms with E-state index in [4.69, 9.17) is 0 Å². The van der Waals surface area contributed by atoms with E-state index in [0.717, 1.165) is 18.9 Å². The van der Waals surface area contributed by atoms with Crippen molar-refractivity contribution >= 4 is 5.82 Å². The molecule has 0 aliphatic carbocycles. The zero-order valence-electron chi connectivity index (χ0n) is 11.1. The number of nitrogens with zero attached hydrogens (tertiary/aromatic N) is 2. The minimum atomic E-state index is 0.558. The summed E-state index contributed by atoms with van der Waals surface area (Å²) in [5.41, 5.74) is 1.29. The molecule has 17 heavy (non-hydrogen) atoms. The Kier molecular flexibility index (Phi) is 4.00. The molecular weight excluding hydrogens is 210 g/mol. The van der Waals surface area contributed by atoms with Crippen LogP contribution in [0.5, 0.6) is 0 Å². The molecule has 3 heteroatoms. The molecule has 1 fully saturated rings. The minimum absolute atomic E-state index is 0.558. The maximum Gasteiger partial charge on any atom is 0.129 e. The molecule has 1 aromatic rings. The smallest absolute Gasteiger partial charge is 0.129 e. The molecule has 2 heterocycles. The molecule has 0 spiro atoms. The SMILES string of the molecule is Cc1ccnc(N2CCCC2CNC(C)C)c1. The molecule has 0 amide bonds. The third kappa shape index (κ3) is 3.19. The molecule has 1 aromatic heterocycles. The average Bonchev–Trinajstić information content (AvgIpc) is 2.74. The molecule has 3 nitrogen and oxygen atoms in total. The fourth-order valence-corrected chi connectivity index (χ4v) is 2.40. The zero-order valence-corrected chi connectivity index (χ0v) is 11.1. The molecule has 0 radical (unpaired) electrons. The van der Waals surface area contributed by atoms with Crippen LogP contribution in [0.4, 0.5) is 5.82 Å². The Morgan fingerprint density at radius 2 is 2.35 bits per heavy atom. The van der Waals surface area contributed by atoms with Gasteiger partial charge in [-0.2, -0.15) is 0 Å². The average molecular weight is 233 g/mol. The van der Waals surface area contributed by atoms with Gasteiger partial charge in [0.15, 0.2) is 0 Å². The van der Waals surface area contributed by atoms with Crippen LogP contribution < -0.4 is 10.2 Å². The quantitative estimate of drug-likeness (QED) is 0.865. The topological polar surface area (TPSA) is 28.2 Å². The normalized spacial score (nSPS) is 20.2. The summed E-state index contributed by atoms with van der Waals surface area (Å²) in [5, 5.41) is 3.53. The van der Waals surface area contributed by atoms with Gasteiger partial charge in [-0.15, -0.1) is 0 Å². The van der Waals surface area contributed by atoms with Crippen LogP contribution in [-0.4, -0.2) is 30.2 Å². The molecule has 1 aliphatic heterocycles. The minimum Gasteiger partial charge on any atom is -0.352 e. The number of pyridine rings is 1. The Morgan fingerprint density at radius 1 is 1.53 bits per heavy atom. The summed E-state index contributed by atoms with van der Waals surface area (Å²) >= 11 is 0. The molecule has 1 saturated heterocycles. The highest BCUT2D eigenvalue weighted by molar-refractivity contribution is 5.43. The monoisotopic (exact) mass is 233 g/mol. The lowest BCUT2D eigenvalue weighted by molar-refractivity contribution is 0.522. The lowest BCUT2D eigenvalue weighted by Gasteiger charge is -2.27. The van der Waals surface area contributed by atoms with E-state index in [1.165, 1.54) is 18.4 Å². The number of hydrogen-bond acceptors (Lipinski definition) is 3. The van der Waals surface area contributed by atoms with Crippen LogP contribution in [0.25, 0.3) is 0 Å². The van der Waals surface area contributed by atoms with Gasteiger partial charge >= 0.3 is 0 Å². The van der Waals surface area contributed by atoms with Crippen molar-refractivity contribution < 1.29 is 0 Å². The van der Waals surface area contributed by atoms with Crippen molar-refractivity contribution in [3.8, 4) is 0 Å². The zero-order chi connectivity index (χ0) is 12.3. The van der Waals surface area contributed by atoms with Gasteiger partial charge in [-0.1, -0.05) is 13.8 Å². The highest BCUT2D eigenvalue weighted by atomic mass is 15.2. The first kappa shape index (κ1) is 12.4. The first-order valence-corrected chi connectivity index (χ1v) is 6.59. The summed E-state index contributed by atoms with van der Waals surface area (Å²) in [5.74, 6) is 1.14. The van der Waals surface area contributed by atoms with Crippen molar-refractivity contribution in [3.05, 3.63) is 23.9 Å². The molecule has 2 rings (SSSR count). The Morgan fingerprint density at radius 3 is 3.06 bits per heavy atom. The molecular formula is C14H23N3. The van der Waals surface area contributed by atoms with Crippen LogP contribution in [0.1, 0.15) is 32.3 Å². The predicted molar refractivity (Wildman–Crippen MR) is 72.5 cm³/mol. The standard InChI is InChI=1S/C14H23N3/c1-11(2)16-10-13-5-4-8-17(13)14-9-12(3)6-7-15-14/h6-7,9,11,13,16H,4-5,8,10H2,1-3H3. The van der Waals surface area contributed by atoms with E-state index < -0.39 is 0 Å². The van der Waals surface area contributed by atoms with E-state index in [0.29, 0.717) is 12.1 Å². The van der Waals surface area contributed by atoms with Gasteiger partial charge in [-0.05, 0) is 37.5 Å². The van der Waals surface area contributed by atoms with Gasteiger partial charge in [0.25, 0.3) is 0 Å². The Hall–Kier alpha value is -1.09. The second-order valence-electron chi connectivity index (χ2n) is 5.24. The molecule has 0 bridgehead atoms. The van der Waals surface area contributed by atoms with Crippen LogP contribution in [0.15, 0.2) is 18.3 Å². The lowest BCUT2D eigenvalue weighted by atomic mass is 10.2. The molecule has 1 unspecified atom stereocenters. The first-order chi connectivity index (χ1) is 8.16. The van der Waals surface area contributed by atoms with Gasteiger partial charge in [-0.25, -0.2) is 4.98 Å². The van der Waals surface area contributed by atoms with Crippen molar-refractivity contribution in [2.75, 3.05) is 18.0 Å². The van der Waals surface area contributed by atoms with E-state index in [-0.39, 0.29) is 0 Å². The number of rotatable bonds is 4. The Bertz CT molecular complexity index is 362. The molecule has 1 atom stereocenters. The van der Waals surface area contributed by atoms with E-state index in [1.54, 1.807) is 0 Å². The fourth-order valence-electron chi connectivity index (χ4n) is 2.40. The molecule has 0 saturated carbocycles. The van der Waals surface area contributed by atoms with Crippen molar-refractivity contribution in [1.29, 1.82) is 0 Å². The first-order valence-electron chi connectivity index (χ1n) is 6.59. The number of aryl methyl sites for hydroxylation is 1. The van der Waals surface area contributed by atoms with E-state index >= 15 is 0 Å². The third-order valence-electron chi connectivity index (χ3n) is 3.33. The Balaban J connectivity index is 2.04. The summed E-state index contributed by atoms with van der Waals surface area (Å²) in [7, 11) is 0. The highest BCUT2D eigenvalue weighted by Crippen LogP contribution is 2.23. The molecule has 1 aliphatic rings. The van der Waals surface area contributed by atoms with Crippen LogP contribution in [0, 0.1) is 6.92 Å². The van der Waals surface area contributed by atoms with Gasteiger partial charge < -0.3 is 10.2 Å². The van der Waals surface area contributed by atoms with Crippen molar-refractivity contribution in [2.45, 2.75) is 45.7 Å². The van der Waals surface area contributed by atoms with E-state index in [9.17, 15) is 0 Å². The van der Waals surface area contributed by atoms with E-state index in [2.05, 4.69) is 48.1 Å². The number of nitrogens with one attached hydrogen (secondary N) is 1.